The lowest BCUT2D eigenvalue weighted by molar-refractivity contribution is -0.119. The van der Waals surface area contributed by atoms with E-state index in [4.69, 9.17) is 0 Å². The second-order valence-electron chi connectivity index (χ2n) is 6.82. The van der Waals surface area contributed by atoms with Crippen molar-refractivity contribution in [3.05, 3.63) is 29.8 Å². The van der Waals surface area contributed by atoms with Crippen molar-refractivity contribution in [2.45, 2.75) is 39.2 Å². The number of carbonyl (C=O) groups is 2. The number of amides is 2. The van der Waals surface area contributed by atoms with Crippen LogP contribution in [0.25, 0.3) is 0 Å². The van der Waals surface area contributed by atoms with Crippen molar-refractivity contribution in [1.82, 2.24) is 4.90 Å². The molecule has 0 unspecified atom stereocenters. The second kappa shape index (κ2) is 6.71. The first-order valence-corrected chi connectivity index (χ1v) is 8.13. The molecule has 1 fully saturated rings. The third-order valence-corrected chi connectivity index (χ3v) is 4.00. The summed E-state index contributed by atoms with van der Waals surface area (Å²) in [6.07, 6.45) is 1.86. The summed E-state index contributed by atoms with van der Waals surface area (Å²) in [5.74, 6) is -0.00160. The van der Waals surface area contributed by atoms with Crippen LogP contribution in [-0.4, -0.2) is 47.6 Å². The van der Waals surface area contributed by atoms with Crippen molar-refractivity contribution in [2.24, 2.45) is 5.92 Å². The molecule has 0 saturated heterocycles. The average molecular weight is 318 g/mol. The summed E-state index contributed by atoms with van der Waals surface area (Å²) in [6.45, 7) is 5.98. The molecule has 1 aliphatic rings. The molecule has 1 aromatic rings. The summed E-state index contributed by atoms with van der Waals surface area (Å²) < 4.78 is 0. The molecular weight excluding hydrogens is 292 g/mol. The van der Waals surface area contributed by atoms with Gasteiger partial charge in [-0.2, -0.15) is 0 Å². The van der Waals surface area contributed by atoms with Crippen LogP contribution in [0.15, 0.2) is 24.3 Å². The van der Waals surface area contributed by atoms with Crippen LogP contribution in [0.1, 0.15) is 44.0 Å². The van der Waals surface area contributed by atoms with Gasteiger partial charge in [0, 0.05) is 26.1 Å². The monoisotopic (exact) mass is 318 g/mol. The number of para-hydroxylation sites is 1. The molecule has 2 amide bonds. The molecule has 1 N–H and O–H groups in total. The summed E-state index contributed by atoms with van der Waals surface area (Å²) in [7, 11) is 1.72. The minimum Gasteiger partial charge on any atom is -0.389 e. The van der Waals surface area contributed by atoms with Crippen LogP contribution in [0.5, 0.6) is 0 Å². The first-order chi connectivity index (χ1) is 10.7. The molecule has 1 aliphatic carbocycles. The zero-order chi connectivity index (χ0) is 17.2. The van der Waals surface area contributed by atoms with Gasteiger partial charge in [0.1, 0.15) is 0 Å². The van der Waals surface area contributed by atoms with Gasteiger partial charge in [-0.15, -0.1) is 0 Å². The molecule has 1 saturated carbocycles. The Hall–Kier alpha value is -1.88. The molecule has 0 bridgehead atoms. The van der Waals surface area contributed by atoms with Crippen molar-refractivity contribution in [3.8, 4) is 0 Å². The number of carbonyl (C=O) groups excluding carboxylic acids is 2. The Kier molecular flexibility index (Phi) is 5.09. The highest BCUT2D eigenvalue weighted by atomic mass is 16.3. The van der Waals surface area contributed by atoms with E-state index in [-0.39, 0.29) is 24.3 Å². The van der Waals surface area contributed by atoms with Gasteiger partial charge >= 0.3 is 0 Å². The Labute approximate surface area is 137 Å². The first-order valence-electron chi connectivity index (χ1n) is 8.13. The molecular formula is C18H26N2O3. The standard InChI is InChI=1S/C18H26N2O3/c1-5-20(12-18(2,3)23)17(22)14-8-6-7-9-15(14)19(4)16(21)13-10-11-13/h6-9,13,23H,5,10-12H2,1-4H3. The number of aliphatic hydroxyl groups is 1. The number of hydrogen-bond acceptors (Lipinski definition) is 3. The Morgan fingerprint density at radius 2 is 1.87 bits per heavy atom. The number of rotatable bonds is 6. The maximum atomic E-state index is 12.9. The third kappa shape index (κ3) is 4.32. The summed E-state index contributed by atoms with van der Waals surface area (Å²) in [4.78, 5) is 28.4. The van der Waals surface area contributed by atoms with E-state index in [9.17, 15) is 14.7 Å². The van der Waals surface area contributed by atoms with Crippen LogP contribution in [0.2, 0.25) is 0 Å². The van der Waals surface area contributed by atoms with E-state index in [1.165, 1.54) is 0 Å². The van der Waals surface area contributed by atoms with E-state index in [1.807, 2.05) is 13.0 Å². The highest BCUT2D eigenvalue weighted by Gasteiger charge is 2.34. The molecule has 1 aromatic carbocycles. The van der Waals surface area contributed by atoms with Crippen molar-refractivity contribution < 1.29 is 14.7 Å². The lowest BCUT2D eigenvalue weighted by Gasteiger charge is -2.29. The Bertz CT molecular complexity index is 588. The summed E-state index contributed by atoms with van der Waals surface area (Å²) in [5.41, 5.74) is 0.162. The van der Waals surface area contributed by atoms with E-state index in [0.29, 0.717) is 17.8 Å². The Morgan fingerprint density at radius 3 is 2.39 bits per heavy atom. The summed E-state index contributed by atoms with van der Waals surface area (Å²) >= 11 is 0. The molecule has 23 heavy (non-hydrogen) atoms. The highest BCUT2D eigenvalue weighted by molar-refractivity contribution is 6.05. The normalized spacial score (nSPS) is 14.5. The topological polar surface area (TPSA) is 60.9 Å². The first kappa shape index (κ1) is 17.5. The van der Waals surface area contributed by atoms with Crippen LogP contribution >= 0.6 is 0 Å². The molecule has 5 nitrogen and oxygen atoms in total. The van der Waals surface area contributed by atoms with Crippen molar-refractivity contribution in [1.29, 1.82) is 0 Å². The number of nitrogens with zero attached hydrogens (tertiary/aromatic N) is 2. The van der Waals surface area contributed by atoms with Gasteiger partial charge in [-0.25, -0.2) is 0 Å². The predicted octanol–water partition coefficient (Wildman–Crippen LogP) is 2.29. The van der Waals surface area contributed by atoms with Crippen LogP contribution in [0, 0.1) is 5.92 Å². The molecule has 0 radical (unpaired) electrons. The van der Waals surface area contributed by atoms with Gasteiger partial charge in [0.25, 0.3) is 5.91 Å². The molecule has 0 heterocycles. The van der Waals surface area contributed by atoms with Gasteiger partial charge in [-0.1, -0.05) is 12.1 Å². The lowest BCUT2D eigenvalue weighted by atomic mass is 10.1. The van der Waals surface area contributed by atoms with E-state index < -0.39 is 5.60 Å². The fourth-order valence-electron chi connectivity index (χ4n) is 2.63. The van der Waals surface area contributed by atoms with E-state index in [0.717, 1.165) is 12.8 Å². The van der Waals surface area contributed by atoms with Gasteiger partial charge in [0.15, 0.2) is 0 Å². The molecule has 2 rings (SSSR count). The van der Waals surface area contributed by atoms with Crippen molar-refractivity contribution in [2.75, 3.05) is 25.0 Å². The van der Waals surface area contributed by atoms with Gasteiger partial charge in [-0.05, 0) is 45.7 Å². The smallest absolute Gasteiger partial charge is 0.256 e. The van der Waals surface area contributed by atoms with Crippen molar-refractivity contribution >= 4 is 17.5 Å². The van der Waals surface area contributed by atoms with Gasteiger partial charge in [0.2, 0.25) is 5.91 Å². The second-order valence-corrected chi connectivity index (χ2v) is 6.82. The zero-order valence-corrected chi connectivity index (χ0v) is 14.4. The maximum Gasteiger partial charge on any atom is 0.256 e. The highest BCUT2D eigenvalue weighted by Crippen LogP contribution is 2.33. The largest absolute Gasteiger partial charge is 0.389 e. The quantitative estimate of drug-likeness (QED) is 0.875. The summed E-state index contributed by atoms with van der Waals surface area (Å²) in [5, 5.41) is 10.0. The molecule has 0 atom stereocenters. The Balaban J connectivity index is 2.27. The minimum absolute atomic E-state index is 0.0655. The third-order valence-electron chi connectivity index (χ3n) is 4.00. The van der Waals surface area contributed by atoms with Crippen LogP contribution in [0.3, 0.4) is 0 Å². The van der Waals surface area contributed by atoms with E-state index in [1.54, 1.807) is 48.9 Å². The van der Waals surface area contributed by atoms with Crippen LogP contribution < -0.4 is 4.90 Å². The average Bonchev–Trinajstić information content (AvgIpc) is 3.34. The molecule has 126 valence electrons. The fraction of sp³-hybridized carbons (Fsp3) is 0.556. The van der Waals surface area contributed by atoms with E-state index >= 15 is 0 Å². The molecule has 0 aromatic heterocycles. The lowest BCUT2D eigenvalue weighted by Crippen LogP contribution is -2.42. The number of anilines is 1. The number of benzene rings is 1. The van der Waals surface area contributed by atoms with Gasteiger partial charge < -0.3 is 14.9 Å². The maximum absolute atomic E-state index is 12.9. The Morgan fingerprint density at radius 1 is 1.26 bits per heavy atom. The predicted molar refractivity (Wildman–Crippen MR) is 90.5 cm³/mol. The number of hydrogen-bond donors (Lipinski definition) is 1. The van der Waals surface area contributed by atoms with Crippen LogP contribution in [-0.2, 0) is 4.79 Å². The van der Waals surface area contributed by atoms with Crippen LogP contribution in [0.4, 0.5) is 5.69 Å². The molecule has 5 heteroatoms. The minimum atomic E-state index is -0.962. The van der Waals surface area contributed by atoms with E-state index in [2.05, 4.69) is 0 Å². The summed E-state index contributed by atoms with van der Waals surface area (Å²) in [6, 6.07) is 7.16. The SMILES string of the molecule is CCN(CC(C)(C)O)C(=O)c1ccccc1N(C)C(=O)C1CC1. The molecule has 0 aliphatic heterocycles. The van der Waals surface area contributed by atoms with Gasteiger partial charge in [-0.3, -0.25) is 9.59 Å². The molecule has 0 spiro atoms. The van der Waals surface area contributed by atoms with Crippen molar-refractivity contribution in [3.63, 3.8) is 0 Å². The van der Waals surface area contributed by atoms with Gasteiger partial charge in [0.05, 0.1) is 16.9 Å². The zero-order valence-electron chi connectivity index (χ0n) is 14.4. The fourth-order valence-corrected chi connectivity index (χ4v) is 2.63. The number of likely N-dealkylation sites (N-methyl/N-ethyl adjacent to an activating group) is 1.